The van der Waals surface area contributed by atoms with E-state index in [1.165, 1.54) is 33.6 Å². The highest BCUT2D eigenvalue weighted by atomic mass is 79.9. The fourth-order valence-electron chi connectivity index (χ4n) is 3.08. The molecule has 0 unspecified atom stereocenters. The van der Waals surface area contributed by atoms with Crippen LogP contribution in [0.1, 0.15) is 11.1 Å². The Morgan fingerprint density at radius 3 is 2.30 bits per heavy atom. The van der Waals surface area contributed by atoms with Gasteiger partial charge in [-0.25, -0.2) is 5.43 Å². The second-order valence-electron chi connectivity index (χ2n) is 7.24. The fourth-order valence-corrected chi connectivity index (χ4v) is 4.16. The molecule has 0 saturated carbocycles. The van der Waals surface area contributed by atoms with Gasteiger partial charge in [0.05, 0.1) is 37.7 Å². The fraction of sp³-hybridized carbons (Fsp3) is 0.160. The standard InChI is InChI=1S/C25H22BrCl2N3O6/c1-34-15-7-8-21(35-2)20(11-15)30-24(32)25(33)31-29-12-14-9-17(26)23(22(10-14)36-3)37-13-16-18(27)5-4-6-19(16)28/h4-12H,13H2,1-3H3,(H,30,32)(H,31,33). The van der Waals surface area contributed by atoms with Crippen LogP contribution in [-0.4, -0.2) is 39.4 Å². The predicted molar refractivity (Wildman–Crippen MR) is 145 cm³/mol. The minimum Gasteiger partial charge on any atom is -0.497 e. The molecular weight excluding hydrogens is 589 g/mol. The van der Waals surface area contributed by atoms with Gasteiger partial charge in [-0.2, -0.15) is 5.10 Å². The Morgan fingerprint density at radius 1 is 0.946 bits per heavy atom. The second-order valence-corrected chi connectivity index (χ2v) is 8.91. The van der Waals surface area contributed by atoms with Gasteiger partial charge in [0.25, 0.3) is 0 Å². The van der Waals surface area contributed by atoms with E-state index in [1.54, 1.807) is 42.5 Å². The molecule has 0 aliphatic heterocycles. The van der Waals surface area contributed by atoms with Crippen molar-refractivity contribution in [3.05, 3.63) is 74.2 Å². The van der Waals surface area contributed by atoms with Crippen LogP contribution in [0.5, 0.6) is 23.0 Å². The molecule has 0 radical (unpaired) electrons. The minimum atomic E-state index is -0.983. The summed E-state index contributed by atoms with van der Waals surface area (Å²) in [5, 5.41) is 7.28. The molecule has 0 saturated heterocycles. The number of ether oxygens (including phenoxy) is 4. The first-order chi connectivity index (χ1) is 17.8. The number of hydrogen-bond donors (Lipinski definition) is 2. The maximum atomic E-state index is 12.3. The predicted octanol–water partition coefficient (Wildman–Crippen LogP) is 5.45. The van der Waals surface area contributed by atoms with Crippen molar-refractivity contribution in [2.24, 2.45) is 5.10 Å². The van der Waals surface area contributed by atoms with E-state index in [2.05, 4.69) is 31.8 Å². The van der Waals surface area contributed by atoms with Gasteiger partial charge in [0.2, 0.25) is 0 Å². The van der Waals surface area contributed by atoms with Crippen LogP contribution in [0.4, 0.5) is 5.69 Å². The number of halogens is 3. The minimum absolute atomic E-state index is 0.115. The van der Waals surface area contributed by atoms with Gasteiger partial charge in [0.15, 0.2) is 11.5 Å². The normalized spacial score (nSPS) is 10.6. The summed E-state index contributed by atoms with van der Waals surface area (Å²) >= 11 is 15.9. The van der Waals surface area contributed by atoms with Gasteiger partial charge >= 0.3 is 11.8 Å². The maximum Gasteiger partial charge on any atom is 0.329 e. The molecule has 2 amide bonds. The molecule has 9 nitrogen and oxygen atoms in total. The maximum absolute atomic E-state index is 12.3. The highest BCUT2D eigenvalue weighted by molar-refractivity contribution is 9.10. The Bertz CT molecular complexity index is 1320. The molecule has 37 heavy (non-hydrogen) atoms. The van der Waals surface area contributed by atoms with Crippen LogP contribution in [0.2, 0.25) is 10.0 Å². The first kappa shape index (κ1) is 28.1. The summed E-state index contributed by atoms with van der Waals surface area (Å²) in [7, 11) is 4.41. The molecule has 0 aliphatic carbocycles. The van der Waals surface area contributed by atoms with Crippen LogP contribution in [0.3, 0.4) is 0 Å². The number of amides is 2. The topological polar surface area (TPSA) is 107 Å². The van der Waals surface area contributed by atoms with Gasteiger partial charge in [-0.15, -0.1) is 0 Å². The van der Waals surface area contributed by atoms with Crippen molar-refractivity contribution >= 4 is 62.8 Å². The van der Waals surface area contributed by atoms with Gasteiger partial charge < -0.3 is 24.3 Å². The summed E-state index contributed by atoms with van der Waals surface area (Å²) in [6.07, 6.45) is 1.35. The zero-order valence-electron chi connectivity index (χ0n) is 19.9. The molecular formula is C25H22BrCl2N3O6. The van der Waals surface area contributed by atoms with Crippen molar-refractivity contribution in [3.63, 3.8) is 0 Å². The Labute approximate surface area is 231 Å². The Balaban J connectivity index is 1.66. The van der Waals surface area contributed by atoms with E-state index >= 15 is 0 Å². The number of benzene rings is 3. The lowest BCUT2D eigenvalue weighted by Crippen LogP contribution is -2.32. The Kier molecular flexibility index (Phi) is 10.0. The molecule has 3 aromatic carbocycles. The summed E-state index contributed by atoms with van der Waals surface area (Å²) in [4.78, 5) is 24.5. The van der Waals surface area contributed by atoms with Crippen LogP contribution >= 0.6 is 39.1 Å². The molecule has 0 spiro atoms. The van der Waals surface area contributed by atoms with Crippen LogP contribution in [-0.2, 0) is 16.2 Å². The number of nitrogens with one attached hydrogen (secondary N) is 2. The molecule has 0 fully saturated rings. The summed E-state index contributed by atoms with van der Waals surface area (Å²) < 4.78 is 22.2. The molecule has 3 aromatic rings. The number of carbonyl (C=O) groups excluding carboxylic acids is 2. The molecule has 0 heterocycles. The van der Waals surface area contributed by atoms with Crippen molar-refractivity contribution in [2.75, 3.05) is 26.6 Å². The number of anilines is 1. The van der Waals surface area contributed by atoms with Crippen molar-refractivity contribution in [3.8, 4) is 23.0 Å². The third-order valence-corrected chi connectivity index (χ3v) is 6.21. The van der Waals surface area contributed by atoms with E-state index in [0.717, 1.165) is 0 Å². The Morgan fingerprint density at radius 2 is 1.65 bits per heavy atom. The lowest BCUT2D eigenvalue weighted by Gasteiger charge is -2.14. The second kappa shape index (κ2) is 13.2. The van der Waals surface area contributed by atoms with Gasteiger partial charge in [0.1, 0.15) is 18.1 Å². The average Bonchev–Trinajstić information content (AvgIpc) is 2.88. The zero-order valence-corrected chi connectivity index (χ0v) is 23.0. The van der Waals surface area contributed by atoms with Crippen LogP contribution in [0.25, 0.3) is 0 Å². The number of hydrogen-bond acceptors (Lipinski definition) is 7. The van der Waals surface area contributed by atoms with Gasteiger partial charge in [-0.3, -0.25) is 9.59 Å². The molecule has 0 aliphatic rings. The molecule has 194 valence electrons. The Hall–Kier alpha value is -3.47. The van der Waals surface area contributed by atoms with E-state index in [9.17, 15) is 9.59 Å². The monoisotopic (exact) mass is 609 g/mol. The first-order valence-corrected chi connectivity index (χ1v) is 12.1. The van der Waals surface area contributed by atoms with E-state index < -0.39 is 11.8 Å². The van der Waals surface area contributed by atoms with Gasteiger partial charge in [-0.05, 0) is 57.9 Å². The summed E-state index contributed by atoms with van der Waals surface area (Å²) in [5.74, 6) is -0.259. The smallest absolute Gasteiger partial charge is 0.329 e. The number of methoxy groups -OCH3 is 3. The molecule has 12 heteroatoms. The summed E-state index contributed by atoms with van der Waals surface area (Å²) in [6.45, 7) is 0.115. The van der Waals surface area contributed by atoms with Crippen molar-refractivity contribution in [1.82, 2.24) is 5.43 Å². The van der Waals surface area contributed by atoms with Crippen LogP contribution in [0, 0.1) is 0 Å². The number of hydrazone groups is 1. The van der Waals surface area contributed by atoms with E-state index in [1.807, 2.05) is 0 Å². The highest BCUT2D eigenvalue weighted by Crippen LogP contribution is 2.38. The van der Waals surface area contributed by atoms with Gasteiger partial charge in [-0.1, -0.05) is 29.3 Å². The summed E-state index contributed by atoms with van der Waals surface area (Å²) in [6, 6.07) is 13.3. The van der Waals surface area contributed by atoms with Crippen molar-refractivity contribution in [2.45, 2.75) is 6.61 Å². The van der Waals surface area contributed by atoms with Crippen molar-refractivity contribution < 1.29 is 28.5 Å². The van der Waals surface area contributed by atoms with E-state index in [-0.39, 0.29) is 12.3 Å². The zero-order chi connectivity index (χ0) is 26.9. The molecule has 3 rings (SSSR count). The first-order valence-electron chi connectivity index (χ1n) is 10.6. The van der Waals surface area contributed by atoms with Crippen LogP contribution in [0.15, 0.2) is 58.1 Å². The molecule has 0 aromatic heterocycles. The van der Waals surface area contributed by atoms with E-state index in [4.69, 9.17) is 42.1 Å². The van der Waals surface area contributed by atoms with Gasteiger partial charge in [0, 0.05) is 21.7 Å². The lowest BCUT2D eigenvalue weighted by molar-refractivity contribution is -0.136. The molecule has 2 N–H and O–H groups in total. The summed E-state index contributed by atoms with van der Waals surface area (Å²) in [5.41, 5.74) is 3.64. The molecule has 0 atom stereocenters. The third-order valence-electron chi connectivity index (χ3n) is 4.92. The number of rotatable bonds is 9. The third kappa shape index (κ3) is 7.28. The lowest BCUT2D eigenvalue weighted by atomic mass is 10.2. The van der Waals surface area contributed by atoms with Crippen molar-refractivity contribution in [1.29, 1.82) is 0 Å². The largest absolute Gasteiger partial charge is 0.497 e. The van der Waals surface area contributed by atoms with Crippen LogP contribution < -0.4 is 29.7 Å². The number of carbonyl (C=O) groups is 2. The molecule has 0 bridgehead atoms. The SMILES string of the molecule is COc1ccc(OC)c(NC(=O)C(=O)NN=Cc2cc(Br)c(OCc3c(Cl)cccc3Cl)c(OC)c2)c1. The number of nitrogens with zero attached hydrogens (tertiary/aromatic N) is 1. The highest BCUT2D eigenvalue weighted by Gasteiger charge is 2.17. The average molecular weight is 611 g/mol. The quantitative estimate of drug-likeness (QED) is 0.190. The van der Waals surface area contributed by atoms with E-state index in [0.29, 0.717) is 48.6 Å².